The molecule has 1 atom stereocenters. The lowest BCUT2D eigenvalue weighted by Gasteiger charge is -2.18. The van der Waals surface area contributed by atoms with Crippen molar-refractivity contribution in [3.8, 4) is 0 Å². The van der Waals surface area contributed by atoms with Crippen LogP contribution in [0.5, 0.6) is 0 Å². The van der Waals surface area contributed by atoms with Crippen molar-refractivity contribution in [3.05, 3.63) is 34.3 Å². The third kappa shape index (κ3) is 6.07. The molecule has 0 fully saturated rings. The number of hydrogen-bond donors (Lipinski definition) is 3. The van der Waals surface area contributed by atoms with Gasteiger partial charge in [-0.1, -0.05) is 12.1 Å². The van der Waals surface area contributed by atoms with Crippen LogP contribution in [0, 0.1) is 0 Å². The molecule has 0 radical (unpaired) electrons. The first kappa shape index (κ1) is 18.0. The summed E-state index contributed by atoms with van der Waals surface area (Å²) < 4.78 is 0.682. The molecular weight excluding hydrogens is 356 g/mol. The second-order valence-corrected chi connectivity index (χ2v) is 6.14. The van der Waals surface area contributed by atoms with E-state index in [0.29, 0.717) is 16.5 Å². The molecule has 1 aromatic rings. The molecule has 0 saturated carbocycles. The molecule has 1 unspecified atom stereocenters. The van der Waals surface area contributed by atoms with Gasteiger partial charge in [-0.3, -0.25) is 9.59 Å². The van der Waals surface area contributed by atoms with Crippen molar-refractivity contribution in [1.29, 1.82) is 0 Å². The highest BCUT2D eigenvalue weighted by Gasteiger charge is 2.21. The monoisotopic (exact) mass is 374 g/mol. The average molecular weight is 375 g/mol. The molecule has 2 amide bonds. The first-order valence-corrected chi connectivity index (χ1v) is 8.71. The van der Waals surface area contributed by atoms with Crippen molar-refractivity contribution in [2.24, 2.45) is 0 Å². The Morgan fingerprint density at radius 3 is 2.71 bits per heavy atom. The molecular formula is C14H19BrN2O3S. The molecule has 21 heavy (non-hydrogen) atoms. The Morgan fingerprint density at radius 1 is 1.38 bits per heavy atom. The van der Waals surface area contributed by atoms with E-state index in [1.807, 2.05) is 12.3 Å². The summed E-state index contributed by atoms with van der Waals surface area (Å²) >= 11 is 4.93. The Labute approximate surface area is 137 Å². The first-order chi connectivity index (χ1) is 10.1. The summed E-state index contributed by atoms with van der Waals surface area (Å²) in [5.74, 6) is 0.180. The van der Waals surface area contributed by atoms with Gasteiger partial charge in [0, 0.05) is 11.0 Å². The molecule has 0 bridgehead atoms. The van der Waals surface area contributed by atoms with E-state index in [0.717, 1.165) is 5.75 Å². The molecule has 0 aliphatic rings. The van der Waals surface area contributed by atoms with Crippen LogP contribution in [-0.2, 0) is 4.79 Å². The van der Waals surface area contributed by atoms with E-state index in [9.17, 15) is 9.59 Å². The maximum absolute atomic E-state index is 12.2. The molecule has 0 heterocycles. The van der Waals surface area contributed by atoms with Crippen LogP contribution < -0.4 is 10.6 Å². The number of amides is 2. The van der Waals surface area contributed by atoms with Gasteiger partial charge >= 0.3 is 0 Å². The smallest absolute Gasteiger partial charge is 0.253 e. The number of benzene rings is 1. The van der Waals surface area contributed by atoms with Crippen molar-refractivity contribution in [2.75, 3.05) is 25.2 Å². The van der Waals surface area contributed by atoms with Crippen LogP contribution >= 0.6 is 27.7 Å². The molecule has 0 aliphatic heterocycles. The molecule has 1 rings (SSSR count). The summed E-state index contributed by atoms with van der Waals surface area (Å²) in [7, 11) is 0. The second kappa shape index (κ2) is 9.81. The minimum absolute atomic E-state index is 0.126. The summed E-state index contributed by atoms with van der Waals surface area (Å²) in [6.45, 7) is 0.0542. The summed E-state index contributed by atoms with van der Waals surface area (Å²) in [6, 6.07) is 6.44. The molecule has 3 N–H and O–H groups in total. The summed E-state index contributed by atoms with van der Waals surface area (Å²) in [4.78, 5) is 24.2. The highest BCUT2D eigenvalue weighted by atomic mass is 79.9. The van der Waals surface area contributed by atoms with Gasteiger partial charge < -0.3 is 15.7 Å². The van der Waals surface area contributed by atoms with Gasteiger partial charge in [-0.15, -0.1) is 0 Å². The van der Waals surface area contributed by atoms with Gasteiger partial charge in [0.1, 0.15) is 6.04 Å². The number of thioether (sulfide) groups is 1. The summed E-state index contributed by atoms with van der Waals surface area (Å²) in [5.41, 5.74) is 0.488. The fraction of sp³-hybridized carbons (Fsp3) is 0.429. The van der Waals surface area contributed by atoms with E-state index < -0.39 is 6.04 Å². The number of aliphatic hydroxyl groups is 1. The van der Waals surface area contributed by atoms with Gasteiger partial charge in [-0.05, 0) is 46.5 Å². The number of nitrogens with one attached hydrogen (secondary N) is 2. The molecule has 116 valence electrons. The van der Waals surface area contributed by atoms with Crippen molar-refractivity contribution >= 4 is 39.5 Å². The minimum atomic E-state index is -0.608. The van der Waals surface area contributed by atoms with Gasteiger partial charge in [-0.2, -0.15) is 11.8 Å². The molecule has 7 heteroatoms. The largest absolute Gasteiger partial charge is 0.395 e. The van der Waals surface area contributed by atoms with Gasteiger partial charge in [0.25, 0.3) is 5.91 Å². The predicted molar refractivity (Wildman–Crippen MR) is 88.5 cm³/mol. The van der Waals surface area contributed by atoms with Crippen molar-refractivity contribution < 1.29 is 14.7 Å². The molecule has 0 saturated heterocycles. The fourth-order valence-electron chi connectivity index (χ4n) is 1.69. The maximum atomic E-state index is 12.2. The molecule has 0 aliphatic carbocycles. The quantitative estimate of drug-likeness (QED) is 0.642. The lowest BCUT2D eigenvalue weighted by atomic mass is 10.1. The SMILES string of the molecule is CSCCC(NC(=O)c1ccccc1Br)C(=O)NCCO. The zero-order chi connectivity index (χ0) is 15.7. The van der Waals surface area contributed by atoms with E-state index in [1.54, 1.807) is 30.0 Å². The van der Waals surface area contributed by atoms with E-state index in [4.69, 9.17) is 5.11 Å². The highest BCUT2D eigenvalue weighted by molar-refractivity contribution is 9.10. The predicted octanol–water partition coefficient (Wildman–Crippen LogP) is 1.41. The molecule has 1 aromatic carbocycles. The van der Waals surface area contributed by atoms with Crippen molar-refractivity contribution in [1.82, 2.24) is 10.6 Å². The highest BCUT2D eigenvalue weighted by Crippen LogP contribution is 2.16. The lowest BCUT2D eigenvalue weighted by molar-refractivity contribution is -0.123. The van der Waals surface area contributed by atoms with E-state index >= 15 is 0 Å². The molecule has 0 spiro atoms. The summed E-state index contributed by atoms with van der Waals surface area (Å²) in [6.07, 6.45) is 2.48. The Morgan fingerprint density at radius 2 is 2.10 bits per heavy atom. The number of aliphatic hydroxyl groups excluding tert-OH is 1. The van der Waals surface area contributed by atoms with Crippen LogP contribution in [0.2, 0.25) is 0 Å². The number of carbonyl (C=O) groups excluding carboxylic acids is 2. The van der Waals surface area contributed by atoms with Gasteiger partial charge in [0.05, 0.1) is 12.2 Å². The zero-order valence-corrected chi connectivity index (χ0v) is 14.2. The Hall–Kier alpha value is -1.05. The number of halogens is 1. The molecule has 5 nitrogen and oxygen atoms in total. The van der Waals surface area contributed by atoms with Gasteiger partial charge in [0.2, 0.25) is 5.91 Å². The summed E-state index contributed by atoms with van der Waals surface area (Å²) in [5, 5.41) is 14.1. The van der Waals surface area contributed by atoms with Crippen LogP contribution in [0.25, 0.3) is 0 Å². The standard InChI is InChI=1S/C14H19BrN2O3S/c1-21-9-6-12(14(20)16-7-8-18)17-13(19)10-4-2-3-5-11(10)15/h2-5,12,18H,6-9H2,1H3,(H,16,20)(H,17,19). The van der Waals surface area contributed by atoms with Crippen molar-refractivity contribution in [3.63, 3.8) is 0 Å². The van der Waals surface area contributed by atoms with Crippen LogP contribution in [0.15, 0.2) is 28.7 Å². The van der Waals surface area contributed by atoms with Gasteiger partial charge in [0.15, 0.2) is 0 Å². The number of carbonyl (C=O) groups is 2. The Bertz CT molecular complexity index is 485. The van der Waals surface area contributed by atoms with Crippen LogP contribution in [0.4, 0.5) is 0 Å². The third-order valence-corrected chi connectivity index (χ3v) is 4.10. The van der Waals surface area contributed by atoms with E-state index in [2.05, 4.69) is 26.6 Å². The zero-order valence-electron chi connectivity index (χ0n) is 11.8. The Kier molecular flexibility index (Phi) is 8.41. The third-order valence-electron chi connectivity index (χ3n) is 2.76. The number of hydrogen-bond acceptors (Lipinski definition) is 4. The van der Waals surface area contributed by atoms with Crippen molar-refractivity contribution in [2.45, 2.75) is 12.5 Å². The second-order valence-electron chi connectivity index (χ2n) is 4.30. The first-order valence-electron chi connectivity index (χ1n) is 6.53. The minimum Gasteiger partial charge on any atom is -0.395 e. The number of rotatable bonds is 8. The normalized spacial score (nSPS) is 11.8. The average Bonchev–Trinajstić information content (AvgIpc) is 2.49. The maximum Gasteiger partial charge on any atom is 0.253 e. The van der Waals surface area contributed by atoms with E-state index in [1.165, 1.54) is 0 Å². The molecule has 0 aromatic heterocycles. The fourth-order valence-corrected chi connectivity index (χ4v) is 2.62. The van der Waals surface area contributed by atoms with Crippen LogP contribution in [0.3, 0.4) is 0 Å². The van der Waals surface area contributed by atoms with E-state index in [-0.39, 0.29) is 25.0 Å². The lowest BCUT2D eigenvalue weighted by Crippen LogP contribution is -2.47. The van der Waals surface area contributed by atoms with Gasteiger partial charge in [-0.25, -0.2) is 0 Å². The Balaban J connectivity index is 2.73. The van der Waals surface area contributed by atoms with Crippen LogP contribution in [-0.4, -0.2) is 48.1 Å². The van der Waals surface area contributed by atoms with Crippen LogP contribution in [0.1, 0.15) is 16.8 Å². The topological polar surface area (TPSA) is 78.4 Å².